The molecule has 0 radical (unpaired) electrons. The first-order valence-corrected chi connectivity index (χ1v) is 7.13. The smallest absolute Gasteiger partial charge is 0.304 e. The van der Waals surface area contributed by atoms with Gasteiger partial charge in [-0.1, -0.05) is 0 Å². The summed E-state index contributed by atoms with van der Waals surface area (Å²) in [4.78, 5) is 13.4. The van der Waals surface area contributed by atoms with Gasteiger partial charge in [0.25, 0.3) is 0 Å². The lowest BCUT2D eigenvalue weighted by Crippen LogP contribution is -2.29. The first kappa shape index (κ1) is 14.2. The van der Waals surface area contributed by atoms with Crippen LogP contribution in [0.1, 0.15) is 31.2 Å². The zero-order valence-electron chi connectivity index (χ0n) is 11.0. The molecule has 1 aromatic rings. The summed E-state index contributed by atoms with van der Waals surface area (Å²) in [5.41, 5.74) is 0.0787. The Morgan fingerprint density at radius 3 is 3.05 bits per heavy atom. The Balaban J connectivity index is 2.33. The van der Waals surface area contributed by atoms with Gasteiger partial charge in [0.15, 0.2) is 5.00 Å². The van der Waals surface area contributed by atoms with Crippen molar-refractivity contribution in [2.45, 2.75) is 32.5 Å². The molecule has 7 heteroatoms. The van der Waals surface area contributed by atoms with Crippen LogP contribution in [-0.2, 0) is 4.74 Å². The summed E-state index contributed by atoms with van der Waals surface area (Å²) < 4.78 is 5.55. The fraction of sp³-hybridized carbons (Fsp3) is 0.667. The number of thiophene rings is 1. The minimum absolute atomic E-state index is 0.0548. The molecule has 1 N–H and O–H groups in total. The first-order chi connectivity index (χ1) is 8.99. The molecule has 6 nitrogen and oxygen atoms in total. The van der Waals surface area contributed by atoms with Crippen LogP contribution in [0.25, 0.3) is 0 Å². The SMILES string of the molecule is CC1CN(c2sc(C(C)O)cc2[N+](=O)[O-])CCCO1. The number of hydrogen-bond acceptors (Lipinski definition) is 6. The Labute approximate surface area is 115 Å². The summed E-state index contributed by atoms with van der Waals surface area (Å²) in [6.07, 6.45) is 0.223. The third-order valence-electron chi connectivity index (χ3n) is 3.06. The van der Waals surface area contributed by atoms with Gasteiger partial charge < -0.3 is 14.7 Å². The summed E-state index contributed by atoms with van der Waals surface area (Å²) in [6.45, 7) is 5.65. The second-order valence-electron chi connectivity index (χ2n) is 4.75. The van der Waals surface area contributed by atoms with Gasteiger partial charge in [0.1, 0.15) is 0 Å². The highest BCUT2D eigenvalue weighted by Crippen LogP contribution is 2.40. The van der Waals surface area contributed by atoms with Crippen LogP contribution >= 0.6 is 11.3 Å². The van der Waals surface area contributed by atoms with Crippen molar-refractivity contribution in [2.75, 3.05) is 24.6 Å². The lowest BCUT2D eigenvalue weighted by atomic mass is 10.3. The van der Waals surface area contributed by atoms with Crippen molar-refractivity contribution in [3.05, 3.63) is 21.1 Å². The highest BCUT2D eigenvalue weighted by Gasteiger charge is 2.27. The van der Waals surface area contributed by atoms with E-state index in [0.29, 0.717) is 23.0 Å². The van der Waals surface area contributed by atoms with Crippen LogP contribution in [0.3, 0.4) is 0 Å². The Hall–Kier alpha value is -1.18. The minimum Gasteiger partial charge on any atom is -0.388 e. The molecule has 106 valence electrons. The number of aliphatic hydroxyl groups excluding tert-OH is 1. The van der Waals surface area contributed by atoms with Gasteiger partial charge in [-0.2, -0.15) is 0 Å². The molecule has 2 atom stereocenters. The third kappa shape index (κ3) is 3.23. The monoisotopic (exact) mass is 286 g/mol. The largest absolute Gasteiger partial charge is 0.388 e. The molecule has 0 saturated carbocycles. The van der Waals surface area contributed by atoms with E-state index in [-0.39, 0.29) is 16.7 Å². The second-order valence-corrected chi connectivity index (χ2v) is 5.82. The van der Waals surface area contributed by atoms with Crippen LogP contribution in [0.2, 0.25) is 0 Å². The molecule has 2 unspecified atom stereocenters. The van der Waals surface area contributed by atoms with Gasteiger partial charge in [0.05, 0.1) is 17.1 Å². The molecular weight excluding hydrogens is 268 g/mol. The molecule has 0 bridgehead atoms. The van der Waals surface area contributed by atoms with Gasteiger partial charge in [0.2, 0.25) is 0 Å². The molecule has 2 rings (SSSR count). The molecule has 1 fully saturated rings. The summed E-state index contributed by atoms with van der Waals surface area (Å²) in [5, 5.41) is 21.4. The van der Waals surface area contributed by atoms with Crippen molar-refractivity contribution in [3.8, 4) is 0 Å². The van der Waals surface area contributed by atoms with E-state index >= 15 is 0 Å². The fourth-order valence-electron chi connectivity index (χ4n) is 2.13. The number of rotatable bonds is 3. The molecule has 1 saturated heterocycles. The average Bonchev–Trinajstić information content (AvgIpc) is 2.68. The van der Waals surface area contributed by atoms with Gasteiger partial charge in [0, 0.05) is 30.6 Å². The molecule has 1 aliphatic heterocycles. The average molecular weight is 286 g/mol. The van der Waals surface area contributed by atoms with Crippen LogP contribution in [-0.4, -0.2) is 35.8 Å². The lowest BCUT2D eigenvalue weighted by molar-refractivity contribution is -0.383. The number of hydrogen-bond donors (Lipinski definition) is 1. The molecule has 2 heterocycles. The lowest BCUT2D eigenvalue weighted by Gasteiger charge is -2.21. The highest BCUT2D eigenvalue weighted by molar-refractivity contribution is 7.16. The zero-order valence-corrected chi connectivity index (χ0v) is 11.9. The third-order valence-corrected chi connectivity index (χ3v) is 4.42. The van der Waals surface area contributed by atoms with Gasteiger partial charge in [-0.05, 0) is 20.3 Å². The van der Waals surface area contributed by atoms with E-state index in [9.17, 15) is 15.2 Å². The molecule has 1 aliphatic rings. The van der Waals surface area contributed by atoms with Crippen molar-refractivity contribution in [1.29, 1.82) is 0 Å². The normalized spacial score (nSPS) is 22.1. The van der Waals surface area contributed by atoms with E-state index in [0.717, 1.165) is 13.0 Å². The van der Waals surface area contributed by atoms with Crippen LogP contribution in [0.5, 0.6) is 0 Å². The van der Waals surface area contributed by atoms with Crippen molar-refractivity contribution in [3.63, 3.8) is 0 Å². The Bertz CT molecular complexity index is 461. The molecule has 0 amide bonds. The summed E-state index contributed by atoms with van der Waals surface area (Å²) in [7, 11) is 0. The highest BCUT2D eigenvalue weighted by atomic mass is 32.1. The number of aliphatic hydroxyl groups is 1. The maximum atomic E-state index is 11.1. The number of nitrogens with zero attached hydrogens (tertiary/aromatic N) is 2. The van der Waals surface area contributed by atoms with Crippen molar-refractivity contribution in [2.24, 2.45) is 0 Å². The Morgan fingerprint density at radius 1 is 1.68 bits per heavy atom. The fourth-order valence-corrected chi connectivity index (χ4v) is 3.23. The maximum absolute atomic E-state index is 11.1. The predicted molar refractivity (Wildman–Crippen MR) is 73.9 cm³/mol. The summed E-state index contributed by atoms with van der Waals surface area (Å²) in [5.74, 6) is 0. The van der Waals surface area contributed by atoms with Crippen LogP contribution in [0, 0.1) is 10.1 Å². The van der Waals surface area contributed by atoms with Crippen LogP contribution < -0.4 is 4.90 Å². The summed E-state index contributed by atoms with van der Waals surface area (Å²) >= 11 is 1.29. The summed E-state index contributed by atoms with van der Waals surface area (Å²) in [6, 6.07) is 1.47. The molecule has 0 aliphatic carbocycles. The first-order valence-electron chi connectivity index (χ1n) is 6.31. The van der Waals surface area contributed by atoms with Crippen molar-refractivity contribution in [1.82, 2.24) is 0 Å². The van der Waals surface area contributed by atoms with Gasteiger partial charge in [-0.15, -0.1) is 11.3 Å². The maximum Gasteiger partial charge on any atom is 0.304 e. The van der Waals surface area contributed by atoms with Crippen LogP contribution in [0.15, 0.2) is 6.07 Å². The molecular formula is C12H18N2O4S. The van der Waals surface area contributed by atoms with Crippen molar-refractivity contribution >= 4 is 22.0 Å². The standard InChI is InChI=1S/C12H18N2O4S/c1-8-7-13(4-3-5-18-8)12-10(14(16)17)6-11(19-12)9(2)15/h6,8-9,15H,3-5,7H2,1-2H3. The number of anilines is 1. The number of nitro groups is 1. The minimum atomic E-state index is -0.682. The van der Waals surface area contributed by atoms with Gasteiger partial charge >= 0.3 is 5.69 Å². The van der Waals surface area contributed by atoms with E-state index in [1.54, 1.807) is 6.92 Å². The van der Waals surface area contributed by atoms with Crippen LogP contribution in [0.4, 0.5) is 10.7 Å². The van der Waals surface area contributed by atoms with E-state index in [1.807, 2.05) is 11.8 Å². The van der Waals surface area contributed by atoms with E-state index in [1.165, 1.54) is 17.4 Å². The Kier molecular flexibility index (Phi) is 4.38. The topological polar surface area (TPSA) is 75.8 Å². The molecule has 1 aromatic heterocycles. The molecule has 0 spiro atoms. The molecule has 19 heavy (non-hydrogen) atoms. The van der Waals surface area contributed by atoms with Gasteiger partial charge in [-0.3, -0.25) is 10.1 Å². The second kappa shape index (κ2) is 5.85. The van der Waals surface area contributed by atoms with Crippen molar-refractivity contribution < 1.29 is 14.8 Å². The number of ether oxygens (including phenoxy) is 1. The molecule has 0 aromatic carbocycles. The predicted octanol–water partition coefficient (Wildman–Crippen LogP) is 2.32. The Morgan fingerprint density at radius 2 is 2.42 bits per heavy atom. The van der Waals surface area contributed by atoms with E-state index in [2.05, 4.69) is 0 Å². The van der Waals surface area contributed by atoms with E-state index in [4.69, 9.17) is 4.74 Å². The van der Waals surface area contributed by atoms with Gasteiger partial charge in [-0.25, -0.2) is 0 Å². The van der Waals surface area contributed by atoms with E-state index < -0.39 is 6.10 Å². The zero-order chi connectivity index (χ0) is 14.0. The quantitative estimate of drug-likeness (QED) is 0.681.